The third-order valence-corrected chi connectivity index (χ3v) is 3.25. The molecule has 1 rings (SSSR count). The maximum Gasteiger partial charge on any atom is 0.339 e. The van der Waals surface area contributed by atoms with Crippen molar-refractivity contribution in [3.8, 4) is 0 Å². The predicted octanol–water partition coefficient (Wildman–Crippen LogP) is 1.82. The standard InChI is InChI=1S/C13H21N3O4/c1-4-20-13(17)10(2)7-8-15(3)11-5-6-12(14-9-11)16(18)19/h9-10H,4-8H2,1-3H3. The molecule has 0 aromatic heterocycles. The summed E-state index contributed by atoms with van der Waals surface area (Å²) in [6, 6.07) is 0. The monoisotopic (exact) mass is 283 g/mol. The Bertz CT molecular complexity index is 431. The molecular formula is C13H21N3O4. The normalized spacial score (nSPS) is 15.9. The van der Waals surface area contributed by atoms with Crippen LogP contribution in [0.5, 0.6) is 0 Å². The molecule has 0 spiro atoms. The molecule has 0 N–H and O–H groups in total. The number of ether oxygens (including phenoxy) is 1. The number of rotatable bonds is 6. The number of nitro groups is 1. The van der Waals surface area contributed by atoms with Crippen LogP contribution in [0.2, 0.25) is 0 Å². The summed E-state index contributed by atoms with van der Waals surface area (Å²) >= 11 is 0. The van der Waals surface area contributed by atoms with Gasteiger partial charge in [0.05, 0.1) is 24.6 Å². The third-order valence-electron chi connectivity index (χ3n) is 3.25. The lowest BCUT2D eigenvalue weighted by Crippen LogP contribution is -2.26. The van der Waals surface area contributed by atoms with E-state index < -0.39 is 4.92 Å². The lowest BCUT2D eigenvalue weighted by atomic mass is 10.1. The summed E-state index contributed by atoms with van der Waals surface area (Å²) < 4.78 is 4.95. The van der Waals surface area contributed by atoms with E-state index in [9.17, 15) is 14.9 Å². The summed E-state index contributed by atoms with van der Waals surface area (Å²) in [5, 5.41) is 10.6. The summed E-state index contributed by atoms with van der Waals surface area (Å²) in [4.78, 5) is 27.4. The highest BCUT2D eigenvalue weighted by atomic mass is 16.6. The van der Waals surface area contributed by atoms with E-state index in [4.69, 9.17) is 4.74 Å². The van der Waals surface area contributed by atoms with Gasteiger partial charge in [0.2, 0.25) is 0 Å². The molecule has 0 fully saturated rings. The molecule has 0 aromatic carbocycles. The molecule has 0 radical (unpaired) electrons. The summed E-state index contributed by atoms with van der Waals surface area (Å²) in [5.74, 6) is -0.339. The van der Waals surface area contributed by atoms with E-state index in [-0.39, 0.29) is 17.7 Å². The summed E-state index contributed by atoms with van der Waals surface area (Å²) in [6.07, 6.45) is 3.16. The van der Waals surface area contributed by atoms with Crippen molar-refractivity contribution in [3.05, 3.63) is 22.0 Å². The fourth-order valence-electron chi connectivity index (χ4n) is 1.88. The van der Waals surface area contributed by atoms with E-state index in [1.54, 1.807) is 6.92 Å². The summed E-state index contributed by atoms with van der Waals surface area (Å²) in [5.41, 5.74) is 0.951. The molecule has 1 aliphatic rings. The number of carbonyl (C=O) groups excluding carboxylic acids is 1. The molecule has 1 aliphatic heterocycles. The second-order valence-corrected chi connectivity index (χ2v) is 4.79. The Labute approximate surface area is 118 Å². The highest BCUT2D eigenvalue weighted by molar-refractivity contribution is 5.75. The molecule has 1 unspecified atom stereocenters. The zero-order valence-electron chi connectivity index (χ0n) is 12.2. The van der Waals surface area contributed by atoms with Crippen LogP contribution in [0.1, 0.15) is 33.1 Å². The Morgan fingerprint density at radius 2 is 2.30 bits per heavy atom. The molecule has 0 aliphatic carbocycles. The number of hydrogen-bond donors (Lipinski definition) is 0. The van der Waals surface area contributed by atoms with Crippen LogP contribution in [0, 0.1) is 16.0 Å². The third kappa shape index (κ3) is 4.64. The Morgan fingerprint density at radius 1 is 1.60 bits per heavy atom. The smallest absolute Gasteiger partial charge is 0.339 e. The van der Waals surface area contributed by atoms with Crippen molar-refractivity contribution in [2.75, 3.05) is 20.2 Å². The topological polar surface area (TPSA) is 85.0 Å². The number of carbonyl (C=O) groups is 1. The number of hydrogen-bond acceptors (Lipinski definition) is 6. The molecular weight excluding hydrogens is 262 g/mol. The predicted molar refractivity (Wildman–Crippen MR) is 74.8 cm³/mol. The van der Waals surface area contributed by atoms with Crippen molar-refractivity contribution in [1.29, 1.82) is 0 Å². The Hall–Kier alpha value is -1.92. The van der Waals surface area contributed by atoms with Gasteiger partial charge in [0.25, 0.3) is 0 Å². The summed E-state index contributed by atoms with van der Waals surface area (Å²) in [6.45, 7) is 4.70. The molecule has 20 heavy (non-hydrogen) atoms. The lowest BCUT2D eigenvalue weighted by Gasteiger charge is -2.23. The van der Waals surface area contributed by atoms with E-state index in [1.165, 1.54) is 6.20 Å². The first-order valence-corrected chi connectivity index (χ1v) is 6.73. The molecule has 1 heterocycles. The van der Waals surface area contributed by atoms with Crippen LogP contribution in [0.15, 0.2) is 16.9 Å². The average molecular weight is 283 g/mol. The van der Waals surface area contributed by atoms with E-state index >= 15 is 0 Å². The van der Waals surface area contributed by atoms with Gasteiger partial charge >= 0.3 is 11.8 Å². The van der Waals surface area contributed by atoms with Crippen molar-refractivity contribution in [2.45, 2.75) is 33.1 Å². The molecule has 112 valence electrons. The highest BCUT2D eigenvalue weighted by Crippen LogP contribution is 2.17. The molecule has 0 bridgehead atoms. The van der Waals surface area contributed by atoms with Crippen LogP contribution < -0.4 is 0 Å². The molecule has 7 heteroatoms. The molecule has 0 amide bonds. The van der Waals surface area contributed by atoms with Gasteiger partial charge in [0.15, 0.2) is 6.20 Å². The quantitative estimate of drug-likeness (QED) is 0.421. The van der Waals surface area contributed by atoms with Crippen molar-refractivity contribution in [3.63, 3.8) is 0 Å². The molecule has 1 atom stereocenters. The largest absolute Gasteiger partial charge is 0.466 e. The fourth-order valence-corrected chi connectivity index (χ4v) is 1.88. The number of amidine groups is 1. The van der Waals surface area contributed by atoms with Gasteiger partial charge in [-0.3, -0.25) is 4.79 Å². The van der Waals surface area contributed by atoms with Gasteiger partial charge in [-0.25, -0.2) is 0 Å². The van der Waals surface area contributed by atoms with Gasteiger partial charge in [-0.2, -0.15) is 0 Å². The first kappa shape index (κ1) is 16.1. The zero-order valence-corrected chi connectivity index (χ0v) is 12.2. The van der Waals surface area contributed by atoms with E-state index in [1.807, 2.05) is 18.9 Å². The van der Waals surface area contributed by atoms with Gasteiger partial charge < -0.3 is 19.8 Å². The number of aliphatic imine (C=N–C) groups is 1. The number of nitrogens with zero attached hydrogens (tertiary/aromatic N) is 3. The van der Waals surface area contributed by atoms with Crippen LogP contribution in [0.3, 0.4) is 0 Å². The fraction of sp³-hybridized carbons (Fsp3) is 0.692. The first-order valence-electron chi connectivity index (χ1n) is 6.73. The minimum absolute atomic E-state index is 0.00189. The SMILES string of the molecule is CCOC(=O)C(C)CCN(C)C1=CN=C([N+](=O)[O-])CC1. The molecule has 0 saturated carbocycles. The van der Waals surface area contributed by atoms with Crippen LogP contribution in [-0.2, 0) is 9.53 Å². The Balaban J connectivity index is 2.46. The number of allylic oxidation sites excluding steroid dienone is 1. The van der Waals surface area contributed by atoms with Crippen molar-refractivity contribution < 1.29 is 14.5 Å². The van der Waals surface area contributed by atoms with Gasteiger partial charge in [0.1, 0.15) is 0 Å². The summed E-state index contributed by atoms with van der Waals surface area (Å²) in [7, 11) is 1.90. The van der Waals surface area contributed by atoms with Gasteiger partial charge in [-0.15, -0.1) is 0 Å². The molecule has 0 saturated heterocycles. The van der Waals surface area contributed by atoms with E-state index in [0.29, 0.717) is 32.4 Å². The minimum atomic E-state index is -0.448. The van der Waals surface area contributed by atoms with Gasteiger partial charge in [-0.1, -0.05) is 6.92 Å². The van der Waals surface area contributed by atoms with Crippen LogP contribution >= 0.6 is 0 Å². The van der Waals surface area contributed by atoms with E-state index in [2.05, 4.69) is 4.99 Å². The first-order chi connectivity index (χ1) is 9.45. The maximum atomic E-state index is 11.5. The van der Waals surface area contributed by atoms with E-state index in [0.717, 1.165) is 5.70 Å². The van der Waals surface area contributed by atoms with Crippen molar-refractivity contribution >= 4 is 11.8 Å². The van der Waals surface area contributed by atoms with Crippen LogP contribution in [0.4, 0.5) is 0 Å². The van der Waals surface area contributed by atoms with Gasteiger partial charge in [-0.05, 0) is 23.3 Å². The molecule has 0 aromatic rings. The Kier molecular flexibility index (Phi) is 6.14. The second kappa shape index (κ2) is 7.62. The number of esters is 1. The highest BCUT2D eigenvalue weighted by Gasteiger charge is 2.21. The maximum absolute atomic E-state index is 11.5. The average Bonchev–Trinajstić information content (AvgIpc) is 2.44. The minimum Gasteiger partial charge on any atom is -0.466 e. The second-order valence-electron chi connectivity index (χ2n) is 4.79. The van der Waals surface area contributed by atoms with Crippen LogP contribution in [0.25, 0.3) is 0 Å². The lowest BCUT2D eigenvalue weighted by molar-refractivity contribution is -0.353. The molecule has 7 nitrogen and oxygen atoms in total. The van der Waals surface area contributed by atoms with Crippen LogP contribution in [-0.4, -0.2) is 41.8 Å². The van der Waals surface area contributed by atoms with Crippen molar-refractivity contribution in [1.82, 2.24) is 4.90 Å². The van der Waals surface area contributed by atoms with Gasteiger partial charge in [0, 0.05) is 20.0 Å². The zero-order chi connectivity index (χ0) is 15.1. The van der Waals surface area contributed by atoms with Crippen molar-refractivity contribution in [2.24, 2.45) is 10.9 Å². The Morgan fingerprint density at radius 3 is 2.80 bits per heavy atom.